The predicted molar refractivity (Wildman–Crippen MR) is 105 cm³/mol. The third-order valence-corrected chi connectivity index (χ3v) is 7.50. The van der Waals surface area contributed by atoms with Gasteiger partial charge >= 0.3 is 0 Å². The van der Waals surface area contributed by atoms with E-state index in [2.05, 4.69) is 5.32 Å². The van der Waals surface area contributed by atoms with E-state index in [1.165, 1.54) is 13.5 Å². The fraction of sp³-hybridized carbons (Fsp3) is 0.650. The number of nitrogens with one attached hydrogen (secondary N) is 1. The van der Waals surface area contributed by atoms with Crippen molar-refractivity contribution >= 4 is 21.6 Å². The number of methoxy groups -OCH3 is 1. The normalized spacial score (nSPS) is 20.0. The molecule has 1 heterocycles. The van der Waals surface area contributed by atoms with Crippen molar-refractivity contribution in [3.8, 4) is 5.75 Å². The molecule has 27 heavy (non-hydrogen) atoms. The van der Waals surface area contributed by atoms with Crippen LogP contribution < -0.4 is 10.1 Å². The third kappa shape index (κ3) is 4.82. The summed E-state index contributed by atoms with van der Waals surface area (Å²) in [6.45, 7) is 1.11. The van der Waals surface area contributed by atoms with Gasteiger partial charge in [-0.05, 0) is 43.9 Å². The molecule has 150 valence electrons. The summed E-state index contributed by atoms with van der Waals surface area (Å²) in [6, 6.07) is 4.73. The summed E-state index contributed by atoms with van der Waals surface area (Å²) in [4.78, 5) is 12.8. The Kier molecular flexibility index (Phi) is 6.76. The lowest BCUT2D eigenvalue weighted by Crippen LogP contribution is -2.32. The second kappa shape index (κ2) is 9.06. The zero-order valence-electron chi connectivity index (χ0n) is 16.1. The fourth-order valence-corrected chi connectivity index (χ4v) is 5.52. The highest BCUT2D eigenvalue weighted by Crippen LogP contribution is 2.31. The van der Waals surface area contributed by atoms with Crippen LogP contribution in [-0.4, -0.2) is 38.8 Å². The first-order chi connectivity index (χ1) is 13.0. The van der Waals surface area contributed by atoms with Crippen LogP contribution in [0.4, 0.5) is 5.69 Å². The van der Waals surface area contributed by atoms with Crippen molar-refractivity contribution in [3.05, 3.63) is 18.2 Å². The molecule has 1 aliphatic carbocycles. The minimum absolute atomic E-state index is 0.00525. The van der Waals surface area contributed by atoms with E-state index < -0.39 is 10.0 Å². The number of carbonyl (C=O) groups is 1. The minimum Gasteiger partial charge on any atom is -0.495 e. The molecule has 1 aromatic rings. The largest absolute Gasteiger partial charge is 0.495 e. The SMILES string of the molecule is COc1ccc(S(=O)(=O)N2CCCCCC2)cc1NC(=O)C1CCCCC1. The zero-order valence-corrected chi connectivity index (χ0v) is 16.9. The van der Waals surface area contributed by atoms with Crippen molar-refractivity contribution in [1.82, 2.24) is 4.31 Å². The maximum atomic E-state index is 13.1. The van der Waals surface area contributed by atoms with E-state index in [-0.39, 0.29) is 16.7 Å². The lowest BCUT2D eigenvalue weighted by molar-refractivity contribution is -0.120. The van der Waals surface area contributed by atoms with Gasteiger partial charge in [-0.1, -0.05) is 32.1 Å². The number of nitrogens with zero attached hydrogens (tertiary/aromatic N) is 1. The monoisotopic (exact) mass is 394 g/mol. The molecule has 0 bridgehead atoms. The molecule has 1 saturated heterocycles. The van der Waals surface area contributed by atoms with Gasteiger partial charge in [0.15, 0.2) is 0 Å². The van der Waals surface area contributed by atoms with Crippen molar-refractivity contribution in [3.63, 3.8) is 0 Å². The van der Waals surface area contributed by atoms with Crippen LogP contribution in [-0.2, 0) is 14.8 Å². The van der Waals surface area contributed by atoms with Crippen LogP contribution in [0.5, 0.6) is 5.75 Å². The smallest absolute Gasteiger partial charge is 0.243 e. The van der Waals surface area contributed by atoms with Crippen molar-refractivity contribution in [1.29, 1.82) is 0 Å². The average molecular weight is 395 g/mol. The van der Waals surface area contributed by atoms with E-state index in [1.54, 1.807) is 22.5 Å². The summed E-state index contributed by atoms with van der Waals surface area (Å²) in [5, 5.41) is 2.91. The number of anilines is 1. The van der Waals surface area contributed by atoms with Gasteiger partial charge in [-0.15, -0.1) is 0 Å². The van der Waals surface area contributed by atoms with E-state index in [0.717, 1.165) is 51.4 Å². The van der Waals surface area contributed by atoms with Gasteiger partial charge in [-0.25, -0.2) is 8.42 Å². The molecule has 3 rings (SSSR count). The molecular weight excluding hydrogens is 364 g/mol. The topological polar surface area (TPSA) is 75.7 Å². The van der Waals surface area contributed by atoms with Gasteiger partial charge in [0.05, 0.1) is 17.7 Å². The van der Waals surface area contributed by atoms with Crippen LogP contribution >= 0.6 is 0 Å². The predicted octanol–water partition coefficient (Wildman–Crippen LogP) is 3.78. The summed E-state index contributed by atoms with van der Waals surface area (Å²) in [5.41, 5.74) is 0.434. The summed E-state index contributed by atoms with van der Waals surface area (Å²) in [6.07, 6.45) is 9.00. The lowest BCUT2D eigenvalue weighted by Gasteiger charge is -2.23. The van der Waals surface area contributed by atoms with Gasteiger partial charge in [-0.2, -0.15) is 4.31 Å². The number of sulfonamides is 1. The molecule has 0 atom stereocenters. The van der Waals surface area contributed by atoms with Gasteiger partial charge < -0.3 is 10.1 Å². The molecule has 1 aromatic carbocycles. The molecule has 0 unspecified atom stereocenters. The van der Waals surface area contributed by atoms with E-state index in [1.807, 2.05) is 0 Å². The van der Waals surface area contributed by atoms with E-state index in [0.29, 0.717) is 24.5 Å². The highest BCUT2D eigenvalue weighted by atomic mass is 32.2. The molecular formula is C20H30N2O4S. The Labute approximate surface area is 162 Å². The highest BCUT2D eigenvalue weighted by Gasteiger charge is 2.27. The standard InChI is InChI=1S/C20H30N2O4S/c1-26-19-12-11-17(27(24,25)22-13-7-2-3-8-14-22)15-18(19)21-20(23)16-9-5-4-6-10-16/h11-12,15-16H,2-10,13-14H2,1H3,(H,21,23). The number of amides is 1. The Hall–Kier alpha value is -1.60. The number of hydrogen-bond donors (Lipinski definition) is 1. The molecule has 2 fully saturated rings. The van der Waals surface area contributed by atoms with Crippen LogP contribution in [0.3, 0.4) is 0 Å². The molecule has 7 heteroatoms. The maximum absolute atomic E-state index is 13.1. The van der Waals surface area contributed by atoms with Crippen LogP contribution in [0, 0.1) is 5.92 Å². The summed E-state index contributed by atoms with van der Waals surface area (Å²) in [5.74, 6) is 0.431. The molecule has 0 aromatic heterocycles. The van der Waals surface area contributed by atoms with Crippen molar-refractivity contribution in [2.75, 3.05) is 25.5 Å². The van der Waals surface area contributed by atoms with Crippen molar-refractivity contribution in [2.24, 2.45) is 5.92 Å². The molecule has 6 nitrogen and oxygen atoms in total. The number of hydrogen-bond acceptors (Lipinski definition) is 4. The number of carbonyl (C=O) groups excluding carboxylic acids is 1. The quantitative estimate of drug-likeness (QED) is 0.825. The van der Waals surface area contributed by atoms with Crippen LogP contribution in [0.1, 0.15) is 57.8 Å². The second-order valence-corrected chi connectivity index (χ2v) is 9.44. The Bertz CT molecular complexity index is 749. The van der Waals surface area contributed by atoms with E-state index in [4.69, 9.17) is 4.74 Å². The first kappa shape index (κ1) is 20.1. The molecule has 1 aliphatic heterocycles. The van der Waals surface area contributed by atoms with Crippen LogP contribution in [0.25, 0.3) is 0 Å². The zero-order chi connectivity index (χ0) is 19.3. The van der Waals surface area contributed by atoms with E-state index >= 15 is 0 Å². The van der Waals surface area contributed by atoms with Crippen LogP contribution in [0.2, 0.25) is 0 Å². The van der Waals surface area contributed by atoms with Crippen molar-refractivity contribution < 1.29 is 17.9 Å². The van der Waals surface area contributed by atoms with Crippen molar-refractivity contribution in [2.45, 2.75) is 62.7 Å². The number of rotatable bonds is 5. The Morgan fingerprint density at radius 1 is 1.04 bits per heavy atom. The second-order valence-electron chi connectivity index (χ2n) is 7.50. The molecule has 0 spiro atoms. The van der Waals surface area contributed by atoms with Crippen LogP contribution in [0.15, 0.2) is 23.1 Å². The lowest BCUT2D eigenvalue weighted by atomic mass is 9.88. The summed E-state index contributed by atoms with van der Waals surface area (Å²) in [7, 11) is -2.04. The molecule has 2 aliphatic rings. The number of benzene rings is 1. The van der Waals surface area contributed by atoms with Gasteiger partial charge in [0.2, 0.25) is 15.9 Å². The minimum atomic E-state index is -3.57. The fourth-order valence-electron chi connectivity index (χ4n) is 3.98. The summed E-state index contributed by atoms with van der Waals surface area (Å²) < 4.78 is 33.0. The molecule has 1 saturated carbocycles. The Morgan fingerprint density at radius 3 is 2.30 bits per heavy atom. The number of ether oxygens (including phenoxy) is 1. The summed E-state index contributed by atoms with van der Waals surface area (Å²) >= 11 is 0. The van der Waals surface area contributed by atoms with Gasteiger partial charge in [0.25, 0.3) is 0 Å². The first-order valence-corrected chi connectivity index (χ1v) is 11.5. The Morgan fingerprint density at radius 2 is 1.67 bits per heavy atom. The maximum Gasteiger partial charge on any atom is 0.243 e. The molecule has 1 N–H and O–H groups in total. The average Bonchev–Trinajstić information content (AvgIpc) is 2.98. The molecule has 0 radical (unpaired) electrons. The van der Waals surface area contributed by atoms with Gasteiger partial charge in [0, 0.05) is 19.0 Å². The Balaban J connectivity index is 1.82. The van der Waals surface area contributed by atoms with E-state index in [9.17, 15) is 13.2 Å². The van der Waals surface area contributed by atoms with Gasteiger partial charge in [-0.3, -0.25) is 4.79 Å². The first-order valence-electron chi connectivity index (χ1n) is 10.0. The highest BCUT2D eigenvalue weighted by molar-refractivity contribution is 7.89. The third-order valence-electron chi connectivity index (χ3n) is 5.61. The molecule has 1 amide bonds. The van der Waals surface area contributed by atoms with Gasteiger partial charge in [0.1, 0.15) is 5.75 Å².